The van der Waals surface area contributed by atoms with Crippen molar-refractivity contribution in [2.24, 2.45) is 5.73 Å². The number of amides is 1. The number of rotatable bonds is 5. The van der Waals surface area contributed by atoms with Crippen molar-refractivity contribution in [3.63, 3.8) is 0 Å². The number of piperazine rings is 1. The van der Waals surface area contributed by atoms with Gasteiger partial charge in [-0.15, -0.1) is 0 Å². The molecule has 1 heterocycles. The molecule has 0 aromatic rings. The maximum absolute atomic E-state index is 11.7. The van der Waals surface area contributed by atoms with Crippen LogP contribution in [0.2, 0.25) is 0 Å². The number of allylic oxidation sites excluding steroid dienone is 3. The predicted octanol–water partition coefficient (Wildman–Crippen LogP) is 1.15. The predicted molar refractivity (Wildman–Crippen MR) is 81.3 cm³/mol. The third-order valence-electron chi connectivity index (χ3n) is 3.61. The van der Waals surface area contributed by atoms with Crippen LogP contribution in [0.1, 0.15) is 33.6 Å². The van der Waals surface area contributed by atoms with E-state index in [-0.39, 0.29) is 5.91 Å². The molecule has 6 nitrogen and oxygen atoms in total. The van der Waals surface area contributed by atoms with Crippen molar-refractivity contribution in [3.8, 4) is 0 Å². The van der Waals surface area contributed by atoms with Crippen LogP contribution in [0.4, 0.5) is 0 Å². The van der Waals surface area contributed by atoms with E-state index in [1.165, 1.54) is 5.57 Å². The van der Waals surface area contributed by atoms with Gasteiger partial charge in [0.2, 0.25) is 5.91 Å². The Kier molecular flexibility index (Phi) is 6.27. The molecule has 118 valence electrons. The molecular weight excluding hydrogens is 270 g/mol. The molecule has 1 rings (SSSR count). The van der Waals surface area contributed by atoms with E-state index >= 15 is 0 Å². The Labute approximate surface area is 125 Å². The molecule has 3 N–H and O–H groups in total. The van der Waals surface area contributed by atoms with Crippen LogP contribution in [0.3, 0.4) is 0 Å². The van der Waals surface area contributed by atoms with Crippen LogP contribution in [0, 0.1) is 0 Å². The topological polar surface area (TPSA) is 86.9 Å². The highest BCUT2D eigenvalue weighted by Gasteiger charge is 2.23. The molecule has 6 heteroatoms. The van der Waals surface area contributed by atoms with Gasteiger partial charge in [-0.3, -0.25) is 9.59 Å². The van der Waals surface area contributed by atoms with E-state index in [0.29, 0.717) is 26.2 Å². The molecule has 0 aliphatic carbocycles. The molecule has 0 aromatic heterocycles. The molecular formula is C15H25N3O3. The van der Waals surface area contributed by atoms with E-state index in [0.717, 1.165) is 17.8 Å². The lowest BCUT2D eigenvalue weighted by Crippen LogP contribution is -2.48. The number of nitrogens with two attached hydrogens (primary N) is 1. The highest BCUT2D eigenvalue weighted by atomic mass is 16.4. The number of carbonyl (C=O) groups is 2. The van der Waals surface area contributed by atoms with Crippen molar-refractivity contribution in [1.82, 2.24) is 9.80 Å². The van der Waals surface area contributed by atoms with Crippen LogP contribution >= 0.6 is 0 Å². The molecule has 0 aromatic carbocycles. The van der Waals surface area contributed by atoms with Crippen molar-refractivity contribution in [2.45, 2.75) is 33.6 Å². The fourth-order valence-electron chi connectivity index (χ4n) is 2.32. The van der Waals surface area contributed by atoms with Gasteiger partial charge in [-0.2, -0.15) is 0 Å². The molecule has 1 fully saturated rings. The normalized spacial score (nSPS) is 17.6. The van der Waals surface area contributed by atoms with Crippen LogP contribution in [0.5, 0.6) is 0 Å². The molecule has 0 unspecified atom stereocenters. The zero-order chi connectivity index (χ0) is 16.0. The number of carbonyl (C=O) groups excluding carboxylic acids is 1. The summed E-state index contributed by atoms with van der Waals surface area (Å²) in [4.78, 5) is 26.1. The number of hydrogen-bond acceptors (Lipinski definition) is 4. The highest BCUT2D eigenvalue weighted by Crippen LogP contribution is 2.18. The Morgan fingerprint density at radius 1 is 1.14 bits per heavy atom. The number of aliphatic carboxylic acids is 1. The Bertz CT molecular complexity index is 457. The van der Waals surface area contributed by atoms with Crippen LogP contribution in [-0.2, 0) is 9.59 Å². The van der Waals surface area contributed by atoms with Crippen molar-refractivity contribution < 1.29 is 14.7 Å². The monoisotopic (exact) mass is 295 g/mol. The van der Waals surface area contributed by atoms with Crippen LogP contribution in [0.25, 0.3) is 0 Å². The summed E-state index contributed by atoms with van der Waals surface area (Å²) in [5.41, 5.74) is 8.91. The van der Waals surface area contributed by atoms with E-state index < -0.39 is 12.4 Å². The lowest BCUT2D eigenvalue weighted by Gasteiger charge is -2.37. The Morgan fingerprint density at radius 2 is 1.67 bits per heavy atom. The van der Waals surface area contributed by atoms with Crippen LogP contribution in [0.15, 0.2) is 23.0 Å². The van der Waals surface area contributed by atoms with Gasteiger partial charge in [-0.1, -0.05) is 12.5 Å². The van der Waals surface area contributed by atoms with E-state index in [4.69, 9.17) is 10.8 Å². The molecule has 1 amide bonds. The van der Waals surface area contributed by atoms with Crippen molar-refractivity contribution in [2.75, 3.05) is 26.2 Å². The molecule has 0 bridgehead atoms. The first-order valence-corrected chi connectivity index (χ1v) is 7.23. The number of nitrogens with zero attached hydrogens (tertiary/aromatic N) is 2. The summed E-state index contributed by atoms with van der Waals surface area (Å²) >= 11 is 0. The fraction of sp³-hybridized carbons (Fsp3) is 0.600. The van der Waals surface area contributed by atoms with E-state index in [1.807, 2.05) is 13.0 Å². The summed E-state index contributed by atoms with van der Waals surface area (Å²) in [6, 6.07) is 0. The molecule has 1 saturated heterocycles. The summed E-state index contributed by atoms with van der Waals surface area (Å²) in [5, 5.41) is 8.67. The van der Waals surface area contributed by atoms with Gasteiger partial charge < -0.3 is 20.6 Å². The van der Waals surface area contributed by atoms with Gasteiger partial charge in [0.1, 0.15) is 6.42 Å². The summed E-state index contributed by atoms with van der Waals surface area (Å²) in [5.74, 6) is -1.39. The first-order chi connectivity index (χ1) is 9.85. The summed E-state index contributed by atoms with van der Waals surface area (Å²) in [6.45, 7) is 8.52. The van der Waals surface area contributed by atoms with E-state index in [1.54, 1.807) is 4.90 Å². The molecule has 0 radical (unpaired) electrons. The Hall–Kier alpha value is -1.98. The maximum Gasteiger partial charge on any atom is 0.312 e. The van der Waals surface area contributed by atoms with Gasteiger partial charge in [0.15, 0.2) is 0 Å². The average Bonchev–Trinajstić information content (AvgIpc) is 2.43. The second-order valence-corrected chi connectivity index (χ2v) is 5.35. The quantitative estimate of drug-likeness (QED) is 0.587. The largest absolute Gasteiger partial charge is 0.481 e. The van der Waals surface area contributed by atoms with Gasteiger partial charge in [0.25, 0.3) is 0 Å². The summed E-state index contributed by atoms with van der Waals surface area (Å²) < 4.78 is 0. The van der Waals surface area contributed by atoms with Crippen molar-refractivity contribution in [1.29, 1.82) is 0 Å². The van der Waals surface area contributed by atoms with Crippen LogP contribution in [-0.4, -0.2) is 53.0 Å². The van der Waals surface area contributed by atoms with Gasteiger partial charge in [0, 0.05) is 37.6 Å². The minimum Gasteiger partial charge on any atom is -0.481 e. The van der Waals surface area contributed by atoms with Gasteiger partial charge in [-0.05, 0) is 26.3 Å². The Balaban J connectivity index is 2.72. The van der Waals surface area contributed by atoms with Gasteiger partial charge in [-0.25, -0.2) is 0 Å². The SMILES string of the molecule is CC/C(C)=C(/C=C(\C)N)N1CCN(C(=O)CC(=O)O)CC1. The number of carboxylic acids is 1. The lowest BCUT2D eigenvalue weighted by atomic mass is 10.1. The lowest BCUT2D eigenvalue weighted by molar-refractivity contribution is -0.144. The smallest absolute Gasteiger partial charge is 0.312 e. The second-order valence-electron chi connectivity index (χ2n) is 5.35. The standard InChI is InChI=1S/C15H25N3O3/c1-4-11(2)13(9-12(3)16)17-5-7-18(8-6-17)14(19)10-15(20)21/h9H,4-8,10,16H2,1-3H3,(H,20,21)/b12-9+,13-11-. The van der Waals surface area contributed by atoms with E-state index in [2.05, 4.69) is 18.7 Å². The second kappa shape index (κ2) is 7.71. The fourth-order valence-corrected chi connectivity index (χ4v) is 2.32. The minimum absolute atomic E-state index is 0.314. The minimum atomic E-state index is -1.08. The zero-order valence-electron chi connectivity index (χ0n) is 13.1. The molecule has 1 aliphatic rings. The highest BCUT2D eigenvalue weighted by molar-refractivity contribution is 5.93. The van der Waals surface area contributed by atoms with Gasteiger partial charge >= 0.3 is 5.97 Å². The van der Waals surface area contributed by atoms with E-state index in [9.17, 15) is 9.59 Å². The summed E-state index contributed by atoms with van der Waals surface area (Å²) in [7, 11) is 0. The van der Waals surface area contributed by atoms with Gasteiger partial charge in [0.05, 0.1) is 0 Å². The molecule has 0 atom stereocenters. The Morgan fingerprint density at radius 3 is 2.10 bits per heavy atom. The van der Waals surface area contributed by atoms with Crippen LogP contribution < -0.4 is 5.73 Å². The molecule has 0 saturated carbocycles. The molecule has 21 heavy (non-hydrogen) atoms. The number of hydrogen-bond donors (Lipinski definition) is 2. The third-order valence-corrected chi connectivity index (χ3v) is 3.61. The number of carboxylic acid groups (broad SMARTS) is 1. The molecule has 1 aliphatic heterocycles. The first-order valence-electron chi connectivity index (χ1n) is 7.23. The maximum atomic E-state index is 11.7. The first kappa shape index (κ1) is 17.1. The average molecular weight is 295 g/mol. The summed E-state index contributed by atoms with van der Waals surface area (Å²) in [6.07, 6.45) is 2.48. The molecule has 0 spiro atoms. The van der Waals surface area contributed by atoms with Crippen molar-refractivity contribution in [3.05, 3.63) is 23.0 Å². The zero-order valence-corrected chi connectivity index (χ0v) is 13.1. The third kappa shape index (κ3) is 5.13. The van der Waals surface area contributed by atoms with Crippen molar-refractivity contribution >= 4 is 11.9 Å².